The van der Waals surface area contributed by atoms with Gasteiger partial charge in [0.25, 0.3) is 10.0 Å². The highest BCUT2D eigenvalue weighted by Crippen LogP contribution is 2.15. The number of nitrogens with zero attached hydrogens (tertiary/aromatic N) is 1. The molecule has 0 atom stereocenters. The van der Waals surface area contributed by atoms with Gasteiger partial charge in [-0.25, -0.2) is 4.98 Å². The zero-order valence-corrected chi connectivity index (χ0v) is 12.2. The fraction of sp³-hybridized carbons (Fsp3) is 0.308. The highest BCUT2D eigenvalue weighted by atomic mass is 32.2. The summed E-state index contributed by atoms with van der Waals surface area (Å²) in [6, 6.07) is 7.67. The van der Waals surface area contributed by atoms with Crippen LogP contribution < -0.4 is 10.0 Å². The first-order valence-electron chi connectivity index (χ1n) is 6.31. The van der Waals surface area contributed by atoms with E-state index < -0.39 is 10.0 Å². The highest BCUT2D eigenvalue weighted by molar-refractivity contribution is 7.92. The summed E-state index contributed by atoms with van der Waals surface area (Å²) in [7, 11) is -3.61. The number of hydrogen-bond donors (Lipinski definition) is 3. The molecule has 0 radical (unpaired) electrons. The Kier molecular flexibility index (Phi) is 4.41. The molecule has 0 unspecified atom stereocenters. The molecule has 7 heteroatoms. The number of nitrogens with one attached hydrogen (secondary N) is 3. The molecule has 0 amide bonds. The first kappa shape index (κ1) is 14.5. The Bertz CT molecular complexity index is 651. The lowest BCUT2D eigenvalue weighted by Crippen LogP contribution is -2.22. The third-order valence-corrected chi connectivity index (χ3v) is 3.96. The van der Waals surface area contributed by atoms with Gasteiger partial charge in [-0.2, -0.15) is 8.42 Å². The summed E-state index contributed by atoms with van der Waals surface area (Å²) < 4.78 is 26.6. The van der Waals surface area contributed by atoms with Crippen LogP contribution >= 0.6 is 0 Å². The second-order valence-electron chi connectivity index (χ2n) is 4.76. The van der Waals surface area contributed by atoms with Crippen molar-refractivity contribution in [2.24, 2.45) is 0 Å². The number of H-pyrrole nitrogens is 1. The molecule has 3 N–H and O–H groups in total. The molecule has 2 aromatic rings. The number of hydrogen-bond acceptors (Lipinski definition) is 4. The van der Waals surface area contributed by atoms with Crippen LogP contribution in [0.15, 0.2) is 41.8 Å². The van der Waals surface area contributed by atoms with Gasteiger partial charge in [-0.1, -0.05) is 26.0 Å². The Morgan fingerprint density at radius 1 is 1.35 bits per heavy atom. The number of anilines is 1. The van der Waals surface area contributed by atoms with Gasteiger partial charge in [-0.15, -0.1) is 0 Å². The molecular formula is C13H18N4O2S. The van der Waals surface area contributed by atoms with Crippen molar-refractivity contribution in [3.05, 3.63) is 42.4 Å². The second-order valence-corrected chi connectivity index (χ2v) is 6.41. The van der Waals surface area contributed by atoms with Crippen molar-refractivity contribution >= 4 is 15.7 Å². The molecule has 0 saturated heterocycles. The fourth-order valence-corrected chi connectivity index (χ4v) is 2.62. The molecule has 6 nitrogen and oxygen atoms in total. The van der Waals surface area contributed by atoms with E-state index in [1.54, 1.807) is 6.07 Å². The number of aromatic amines is 1. The van der Waals surface area contributed by atoms with Gasteiger partial charge in [0.05, 0.1) is 12.5 Å². The minimum atomic E-state index is -3.61. The molecule has 1 aromatic carbocycles. The van der Waals surface area contributed by atoms with Crippen LogP contribution in [0.4, 0.5) is 5.69 Å². The van der Waals surface area contributed by atoms with Crippen LogP contribution in [0.2, 0.25) is 0 Å². The van der Waals surface area contributed by atoms with Crippen molar-refractivity contribution in [3.63, 3.8) is 0 Å². The van der Waals surface area contributed by atoms with Crippen molar-refractivity contribution in [2.75, 3.05) is 4.72 Å². The van der Waals surface area contributed by atoms with Gasteiger partial charge >= 0.3 is 0 Å². The summed E-state index contributed by atoms with van der Waals surface area (Å²) in [5.41, 5.74) is 1.55. The number of aromatic nitrogens is 2. The Balaban J connectivity index is 2.12. The Labute approximate surface area is 118 Å². The molecule has 2 rings (SSSR count). The van der Waals surface area contributed by atoms with E-state index in [1.807, 2.05) is 18.2 Å². The van der Waals surface area contributed by atoms with Gasteiger partial charge in [-0.3, -0.25) is 4.72 Å². The van der Waals surface area contributed by atoms with E-state index in [2.05, 4.69) is 33.9 Å². The average molecular weight is 294 g/mol. The van der Waals surface area contributed by atoms with E-state index in [0.29, 0.717) is 18.3 Å². The maximum Gasteiger partial charge on any atom is 0.278 e. The quantitative estimate of drug-likeness (QED) is 0.757. The molecule has 0 saturated carbocycles. The third kappa shape index (κ3) is 3.82. The standard InChI is InChI=1S/C13H18N4O2S/c1-10(2)15-7-11-4-3-5-12(6-11)17-20(18,19)13-8-14-9-16-13/h3-6,8-10,15,17H,7H2,1-2H3,(H,14,16). The van der Waals surface area contributed by atoms with Crippen LogP contribution in [0, 0.1) is 0 Å². The molecule has 0 aliphatic carbocycles. The molecule has 0 aliphatic heterocycles. The molecule has 108 valence electrons. The Hall–Kier alpha value is -1.86. The summed E-state index contributed by atoms with van der Waals surface area (Å²) in [6.07, 6.45) is 2.60. The summed E-state index contributed by atoms with van der Waals surface area (Å²) in [5.74, 6) is 0. The van der Waals surface area contributed by atoms with Crippen LogP contribution in [-0.2, 0) is 16.6 Å². The summed E-state index contributed by atoms with van der Waals surface area (Å²) >= 11 is 0. The lowest BCUT2D eigenvalue weighted by molar-refractivity contribution is 0.588. The van der Waals surface area contributed by atoms with Crippen LogP contribution in [-0.4, -0.2) is 24.4 Å². The molecule has 1 aromatic heterocycles. The van der Waals surface area contributed by atoms with Crippen LogP contribution in [0.5, 0.6) is 0 Å². The fourth-order valence-electron chi connectivity index (χ4n) is 1.67. The minimum Gasteiger partial charge on any atom is -0.334 e. The van der Waals surface area contributed by atoms with E-state index in [0.717, 1.165) is 5.56 Å². The lowest BCUT2D eigenvalue weighted by Gasteiger charge is -2.10. The van der Waals surface area contributed by atoms with Gasteiger partial charge in [-0.05, 0) is 17.7 Å². The first-order valence-corrected chi connectivity index (χ1v) is 7.79. The number of sulfonamides is 1. The molecule has 0 spiro atoms. The van der Waals surface area contributed by atoms with Crippen molar-refractivity contribution < 1.29 is 8.42 Å². The number of imidazole rings is 1. The predicted molar refractivity (Wildman–Crippen MR) is 77.8 cm³/mol. The number of rotatable bonds is 6. The largest absolute Gasteiger partial charge is 0.334 e. The average Bonchev–Trinajstić information content (AvgIpc) is 2.91. The smallest absolute Gasteiger partial charge is 0.278 e. The van der Waals surface area contributed by atoms with Crippen LogP contribution in [0.25, 0.3) is 0 Å². The SMILES string of the molecule is CC(C)NCc1cccc(NS(=O)(=O)c2cnc[nH]2)c1. The van der Waals surface area contributed by atoms with Gasteiger partial charge in [0.15, 0.2) is 5.03 Å². The van der Waals surface area contributed by atoms with Gasteiger partial charge in [0.1, 0.15) is 0 Å². The molecule has 1 heterocycles. The Morgan fingerprint density at radius 2 is 2.15 bits per heavy atom. The molecule has 0 aliphatic rings. The summed E-state index contributed by atoms with van der Waals surface area (Å²) in [6.45, 7) is 4.81. The van der Waals surface area contributed by atoms with Gasteiger partial charge < -0.3 is 10.3 Å². The molecule has 0 fully saturated rings. The summed E-state index contributed by atoms with van der Waals surface area (Å²) in [4.78, 5) is 6.29. The zero-order chi connectivity index (χ0) is 14.6. The van der Waals surface area contributed by atoms with Gasteiger partial charge in [0, 0.05) is 18.3 Å². The number of benzene rings is 1. The Morgan fingerprint density at radius 3 is 2.80 bits per heavy atom. The summed E-state index contributed by atoms with van der Waals surface area (Å²) in [5, 5.41) is 3.33. The normalized spacial score (nSPS) is 11.8. The zero-order valence-electron chi connectivity index (χ0n) is 11.4. The minimum absolute atomic E-state index is 0.0446. The molecular weight excluding hydrogens is 276 g/mol. The van der Waals surface area contributed by atoms with Crippen molar-refractivity contribution in [1.29, 1.82) is 0 Å². The van der Waals surface area contributed by atoms with E-state index in [-0.39, 0.29) is 5.03 Å². The van der Waals surface area contributed by atoms with E-state index in [1.165, 1.54) is 12.5 Å². The predicted octanol–water partition coefficient (Wildman–Crippen LogP) is 1.71. The van der Waals surface area contributed by atoms with E-state index in [9.17, 15) is 8.42 Å². The molecule has 0 bridgehead atoms. The topological polar surface area (TPSA) is 86.9 Å². The van der Waals surface area contributed by atoms with E-state index >= 15 is 0 Å². The maximum atomic E-state index is 12.0. The van der Waals surface area contributed by atoms with Crippen LogP contribution in [0.1, 0.15) is 19.4 Å². The van der Waals surface area contributed by atoms with Gasteiger partial charge in [0.2, 0.25) is 0 Å². The lowest BCUT2D eigenvalue weighted by atomic mass is 10.2. The maximum absolute atomic E-state index is 12.0. The monoisotopic (exact) mass is 294 g/mol. The second kappa shape index (κ2) is 6.06. The third-order valence-electron chi connectivity index (χ3n) is 2.66. The van der Waals surface area contributed by atoms with Crippen LogP contribution in [0.3, 0.4) is 0 Å². The molecule has 20 heavy (non-hydrogen) atoms. The van der Waals surface area contributed by atoms with Crippen molar-refractivity contribution in [2.45, 2.75) is 31.5 Å². The first-order chi connectivity index (χ1) is 9.47. The highest BCUT2D eigenvalue weighted by Gasteiger charge is 2.15. The van der Waals surface area contributed by atoms with Crippen molar-refractivity contribution in [1.82, 2.24) is 15.3 Å². The van der Waals surface area contributed by atoms with E-state index in [4.69, 9.17) is 0 Å². The van der Waals surface area contributed by atoms with Crippen molar-refractivity contribution in [3.8, 4) is 0 Å².